The summed E-state index contributed by atoms with van der Waals surface area (Å²) in [7, 11) is 0. The van der Waals surface area contributed by atoms with Gasteiger partial charge in [0.2, 0.25) is 0 Å². The van der Waals surface area contributed by atoms with Crippen molar-refractivity contribution in [2.45, 2.75) is 19.8 Å². The van der Waals surface area contributed by atoms with Gasteiger partial charge in [-0.2, -0.15) is 0 Å². The minimum atomic E-state index is -0.0708. The van der Waals surface area contributed by atoms with E-state index in [4.69, 9.17) is 4.98 Å². The summed E-state index contributed by atoms with van der Waals surface area (Å²) in [4.78, 5) is 21.7. The van der Waals surface area contributed by atoms with Crippen molar-refractivity contribution in [3.63, 3.8) is 0 Å². The zero-order valence-electron chi connectivity index (χ0n) is 17.9. The van der Waals surface area contributed by atoms with Crippen LogP contribution >= 0.6 is 0 Å². The van der Waals surface area contributed by atoms with Gasteiger partial charge in [-0.25, -0.2) is 4.98 Å². The van der Waals surface area contributed by atoms with Crippen LogP contribution in [0.1, 0.15) is 23.9 Å². The summed E-state index contributed by atoms with van der Waals surface area (Å²) >= 11 is 0. The van der Waals surface area contributed by atoms with E-state index in [1.165, 1.54) is 0 Å². The summed E-state index contributed by atoms with van der Waals surface area (Å²) in [6.07, 6.45) is 11.5. The highest BCUT2D eigenvalue weighted by Crippen LogP contribution is 2.26. The Balaban J connectivity index is 1.61. The van der Waals surface area contributed by atoms with E-state index < -0.39 is 0 Å². The SMILES string of the molecule is CC1C=CC=CC1Cc1nc2c(Cc3ccccc3)[nH]c(-c3ccc(O)cc3)cn-2c1=O. The fraction of sp³-hybridized carbons (Fsp3) is 0.185. The normalized spacial score (nSPS) is 17.8. The first-order valence-corrected chi connectivity index (χ1v) is 10.9. The van der Waals surface area contributed by atoms with E-state index in [0.29, 0.717) is 30.3 Å². The number of hydrogen-bond acceptors (Lipinski definition) is 3. The van der Waals surface area contributed by atoms with Crippen molar-refractivity contribution in [1.29, 1.82) is 0 Å². The molecule has 2 unspecified atom stereocenters. The second kappa shape index (κ2) is 8.35. The number of nitrogens with one attached hydrogen (secondary N) is 1. The van der Waals surface area contributed by atoms with Crippen molar-refractivity contribution in [1.82, 2.24) is 14.5 Å². The number of phenols is 1. The second-order valence-corrected chi connectivity index (χ2v) is 8.41. The van der Waals surface area contributed by atoms with Crippen molar-refractivity contribution in [2.75, 3.05) is 0 Å². The van der Waals surface area contributed by atoms with Crippen LogP contribution in [-0.4, -0.2) is 19.6 Å². The third kappa shape index (κ3) is 3.89. The Morgan fingerprint density at radius 1 is 1.03 bits per heavy atom. The number of hydrogen-bond donors (Lipinski definition) is 2. The highest BCUT2D eigenvalue weighted by atomic mass is 16.3. The molecule has 0 amide bonds. The first-order valence-electron chi connectivity index (χ1n) is 10.9. The van der Waals surface area contributed by atoms with Crippen LogP contribution in [0.5, 0.6) is 5.75 Å². The van der Waals surface area contributed by atoms with Gasteiger partial charge in [0.25, 0.3) is 5.56 Å². The molecule has 5 rings (SSSR count). The molecule has 5 heteroatoms. The van der Waals surface area contributed by atoms with Crippen LogP contribution in [0.15, 0.2) is 89.9 Å². The molecule has 3 aliphatic rings. The summed E-state index contributed by atoms with van der Waals surface area (Å²) in [6, 6.07) is 17.1. The number of benzene rings is 2. The number of phenolic OH excluding ortho intramolecular Hbond substituents is 1. The maximum Gasteiger partial charge on any atom is 0.278 e. The van der Waals surface area contributed by atoms with E-state index in [1.54, 1.807) is 16.7 Å². The van der Waals surface area contributed by atoms with Crippen LogP contribution in [0.25, 0.3) is 17.1 Å². The smallest absolute Gasteiger partial charge is 0.278 e. The Kier molecular flexibility index (Phi) is 5.23. The molecule has 0 bridgehead atoms. The van der Waals surface area contributed by atoms with Crippen LogP contribution < -0.4 is 5.56 Å². The van der Waals surface area contributed by atoms with Crippen LogP contribution in [0.3, 0.4) is 0 Å². The maximum absolute atomic E-state index is 13.4. The van der Waals surface area contributed by atoms with Gasteiger partial charge in [-0.05, 0) is 47.2 Å². The van der Waals surface area contributed by atoms with E-state index in [0.717, 1.165) is 22.5 Å². The van der Waals surface area contributed by atoms with Crippen molar-refractivity contribution in [2.24, 2.45) is 11.8 Å². The highest BCUT2D eigenvalue weighted by molar-refractivity contribution is 5.61. The predicted octanol–water partition coefficient (Wildman–Crippen LogP) is 4.88. The third-order valence-corrected chi connectivity index (χ3v) is 6.14. The Bertz CT molecular complexity index is 1310. The van der Waals surface area contributed by atoms with Crippen LogP contribution in [-0.2, 0) is 12.8 Å². The fourth-order valence-corrected chi connectivity index (χ4v) is 4.26. The second-order valence-electron chi connectivity index (χ2n) is 8.41. The number of imidazole rings is 1. The molecule has 0 aromatic heterocycles. The topological polar surface area (TPSA) is 70.9 Å². The van der Waals surface area contributed by atoms with E-state index in [9.17, 15) is 9.90 Å². The molecule has 0 saturated heterocycles. The van der Waals surface area contributed by atoms with Gasteiger partial charge in [-0.15, -0.1) is 0 Å². The Labute approximate surface area is 186 Å². The zero-order chi connectivity index (χ0) is 22.1. The predicted molar refractivity (Wildman–Crippen MR) is 126 cm³/mol. The van der Waals surface area contributed by atoms with Crippen LogP contribution in [0, 0.1) is 11.8 Å². The molecule has 0 radical (unpaired) electrons. The molecule has 2 aliphatic heterocycles. The van der Waals surface area contributed by atoms with E-state index >= 15 is 0 Å². The van der Waals surface area contributed by atoms with Gasteiger partial charge in [-0.1, -0.05) is 61.6 Å². The lowest BCUT2D eigenvalue weighted by molar-refractivity contribution is 0.475. The van der Waals surface area contributed by atoms with Crippen molar-refractivity contribution in [3.05, 3.63) is 112 Å². The number of allylic oxidation sites excluding steroid dienone is 4. The number of fused-ring (bicyclic) bond motifs is 1. The van der Waals surface area contributed by atoms with Gasteiger partial charge < -0.3 is 10.1 Å². The lowest BCUT2D eigenvalue weighted by atomic mass is 9.86. The average Bonchev–Trinajstić information content (AvgIpc) is 3.12. The fourth-order valence-electron chi connectivity index (χ4n) is 4.26. The summed E-state index contributed by atoms with van der Waals surface area (Å²) in [5.74, 6) is 1.50. The molecular weight excluding hydrogens is 398 g/mol. The molecular formula is C27H25N3O2. The largest absolute Gasteiger partial charge is 0.508 e. The van der Waals surface area contributed by atoms with Crippen molar-refractivity contribution < 1.29 is 5.11 Å². The molecule has 32 heavy (non-hydrogen) atoms. The minimum Gasteiger partial charge on any atom is -0.508 e. The molecule has 5 nitrogen and oxygen atoms in total. The van der Waals surface area contributed by atoms with E-state index in [2.05, 4.69) is 42.3 Å². The molecule has 2 aromatic rings. The Morgan fingerprint density at radius 2 is 1.78 bits per heavy atom. The lowest BCUT2D eigenvalue weighted by Crippen LogP contribution is -2.20. The molecule has 2 aromatic carbocycles. The molecule has 0 spiro atoms. The van der Waals surface area contributed by atoms with Crippen molar-refractivity contribution in [3.8, 4) is 22.8 Å². The molecule has 2 atom stereocenters. The number of aromatic nitrogens is 3. The van der Waals surface area contributed by atoms with Crippen LogP contribution in [0.2, 0.25) is 0 Å². The molecule has 0 fully saturated rings. The zero-order valence-corrected chi connectivity index (χ0v) is 17.9. The minimum absolute atomic E-state index is 0.0708. The van der Waals surface area contributed by atoms with Gasteiger partial charge in [0, 0.05) is 19.0 Å². The van der Waals surface area contributed by atoms with Gasteiger partial charge in [0.15, 0.2) is 5.82 Å². The highest BCUT2D eigenvalue weighted by Gasteiger charge is 2.23. The number of H-pyrrole nitrogens is 1. The standard InChI is InChI=1S/C27H25N3O2/c1-18-7-5-6-10-21(18)16-24-27(32)30-17-25(20-11-13-22(31)14-12-20)28-23(26(30)29-24)15-19-8-3-2-4-9-19/h2-14,17-18,21,28,31H,15-16H2,1H3. The van der Waals surface area contributed by atoms with E-state index in [-0.39, 0.29) is 17.2 Å². The van der Waals surface area contributed by atoms with Crippen molar-refractivity contribution >= 4 is 0 Å². The molecule has 0 saturated carbocycles. The molecule has 2 heterocycles. The maximum atomic E-state index is 13.4. The summed E-state index contributed by atoms with van der Waals surface area (Å²) in [6.45, 7) is 2.17. The van der Waals surface area contributed by atoms with E-state index in [1.807, 2.05) is 42.6 Å². The van der Waals surface area contributed by atoms with Gasteiger partial charge in [0.1, 0.15) is 11.4 Å². The lowest BCUT2D eigenvalue weighted by Gasteiger charge is -2.18. The summed E-state index contributed by atoms with van der Waals surface area (Å²) in [5, 5.41) is 9.66. The monoisotopic (exact) mass is 423 g/mol. The quantitative estimate of drug-likeness (QED) is 0.480. The molecule has 1 aliphatic carbocycles. The number of aromatic hydroxyl groups is 1. The summed E-state index contributed by atoms with van der Waals surface area (Å²) in [5.41, 5.74) is 4.24. The van der Waals surface area contributed by atoms with Crippen LogP contribution in [0.4, 0.5) is 0 Å². The Morgan fingerprint density at radius 3 is 2.53 bits per heavy atom. The first kappa shape index (κ1) is 20.1. The first-order chi connectivity index (χ1) is 15.6. The summed E-state index contributed by atoms with van der Waals surface area (Å²) < 4.78 is 1.67. The third-order valence-electron chi connectivity index (χ3n) is 6.14. The Hall–Kier alpha value is -3.86. The van der Waals surface area contributed by atoms with Gasteiger partial charge in [-0.3, -0.25) is 9.36 Å². The number of aromatic amines is 1. The van der Waals surface area contributed by atoms with Gasteiger partial charge in [0.05, 0.1) is 11.4 Å². The number of nitrogens with zero attached hydrogens (tertiary/aromatic N) is 2. The molecule has 160 valence electrons. The molecule has 2 N–H and O–H groups in total. The van der Waals surface area contributed by atoms with Gasteiger partial charge >= 0.3 is 0 Å². The average molecular weight is 424 g/mol. The number of rotatable bonds is 5.